The van der Waals surface area contributed by atoms with Crippen LogP contribution in [0.5, 0.6) is 0 Å². The van der Waals surface area contributed by atoms with Crippen molar-refractivity contribution in [3.8, 4) is 11.1 Å². The van der Waals surface area contributed by atoms with Gasteiger partial charge in [-0.25, -0.2) is 0 Å². The molecular formula is C29H26N2O3. The standard InChI is InChI=1S/C29H26N2O3/c1-20-11-13-21(14-12-20)25-8-4-5-9-26(25)28(33)30-24-17-15-22(16-18-24)29(34)31(2)27-10-6-3-7-23(27)19-32/h3-18,32H,19H2,1-2H3,(H,30,33). The van der Waals surface area contributed by atoms with Crippen molar-refractivity contribution >= 4 is 23.2 Å². The van der Waals surface area contributed by atoms with Crippen LogP contribution in [-0.2, 0) is 6.61 Å². The molecule has 0 aliphatic rings. The van der Waals surface area contributed by atoms with Crippen LogP contribution in [0, 0.1) is 6.92 Å². The van der Waals surface area contributed by atoms with E-state index in [1.165, 1.54) is 4.90 Å². The van der Waals surface area contributed by atoms with Crippen LogP contribution in [0.1, 0.15) is 31.8 Å². The van der Waals surface area contributed by atoms with Crippen molar-refractivity contribution in [2.75, 3.05) is 17.3 Å². The van der Waals surface area contributed by atoms with E-state index in [1.807, 2.05) is 61.5 Å². The number of aryl methyl sites for hydroxylation is 1. The Kier molecular flexibility index (Phi) is 6.85. The minimum atomic E-state index is -0.218. The van der Waals surface area contributed by atoms with Gasteiger partial charge in [0.2, 0.25) is 0 Å². The van der Waals surface area contributed by atoms with Crippen molar-refractivity contribution in [1.82, 2.24) is 0 Å². The number of amides is 2. The van der Waals surface area contributed by atoms with Crippen molar-refractivity contribution in [2.45, 2.75) is 13.5 Å². The van der Waals surface area contributed by atoms with E-state index in [1.54, 1.807) is 49.5 Å². The zero-order valence-corrected chi connectivity index (χ0v) is 19.2. The number of nitrogens with one attached hydrogen (secondary N) is 1. The van der Waals surface area contributed by atoms with Gasteiger partial charge in [0.15, 0.2) is 0 Å². The van der Waals surface area contributed by atoms with Gasteiger partial charge in [-0.05, 0) is 54.4 Å². The van der Waals surface area contributed by atoms with Gasteiger partial charge >= 0.3 is 0 Å². The number of carbonyl (C=O) groups excluding carboxylic acids is 2. The monoisotopic (exact) mass is 450 g/mol. The van der Waals surface area contributed by atoms with E-state index in [0.717, 1.165) is 16.7 Å². The molecular weight excluding hydrogens is 424 g/mol. The fourth-order valence-corrected chi connectivity index (χ4v) is 3.84. The molecule has 5 heteroatoms. The molecule has 0 atom stereocenters. The molecule has 4 rings (SSSR count). The summed E-state index contributed by atoms with van der Waals surface area (Å²) < 4.78 is 0. The fraction of sp³-hybridized carbons (Fsp3) is 0.103. The summed E-state index contributed by atoms with van der Waals surface area (Å²) in [6.45, 7) is 1.88. The maximum atomic E-state index is 13.0. The van der Waals surface area contributed by atoms with Gasteiger partial charge in [0.05, 0.1) is 6.61 Å². The van der Waals surface area contributed by atoms with E-state index in [9.17, 15) is 14.7 Å². The predicted octanol–water partition coefficient (Wildman–Crippen LogP) is 5.68. The van der Waals surface area contributed by atoms with Gasteiger partial charge in [0, 0.05) is 35.1 Å². The lowest BCUT2D eigenvalue weighted by atomic mass is 9.98. The van der Waals surface area contributed by atoms with Crippen LogP contribution < -0.4 is 10.2 Å². The average molecular weight is 451 g/mol. The number of hydrogen-bond acceptors (Lipinski definition) is 3. The second kappa shape index (κ2) is 10.1. The number of hydrogen-bond donors (Lipinski definition) is 2. The minimum Gasteiger partial charge on any atom is -0.392 e. The molecule has 0 aliphatic carbocycles. The van der Waals surface area contributed by atoms with Crippen molar-refractivity contribution in [3.05, 3.63) is 119 Å². The third-order valence-corrected chi connectivity index (χ3v) is 5.75. The molecule has 0 fully saturated rings. The molecule has 0 radical (unpaired) electrons. The van der Waals surface area contributed by atoms with Crippen molar-refractivity contribution in [2.24, 2.45) is 0 Å². The maximum Gasteiger partial charge on any atom is 0.258 e. The van der Waals surface area contributed by atoms with Crippen LogP contribution in [0.15, 0.2) is 97.1 Å². The average Bonchev–Trinajstić information content (AvgIpc) is 2.88. The van der Waals surface area contributed by atoms with Crippen molar-refractivity contribution in [1.29, 1.82) is 0 Å². The summed E-state index contributed by atoms with van der Waals surface area (Å²) in [5.41, 5.74) is 5.97. The molecule has 4 aromatic carbocycles. The molecule has 0 spiro atoms. The smallest absolute Gasteiger partial charge is 0.258 e. The highest BCUT2D eigenvalue weighted by Crippen LogP contribution is 2.26. The first kappa shape index (κ1) is 23.0. The van der Waals surface area contributed by atoms with E-state index in [4.69, 9.17) is 0 Å². The largest absolute Gasteiger partial charge is 0.392 e. The van der Waals surface area contributed by atoms with Gasteiger partial charge in [0.1, 0.15) is 0 Å². The minimum absolute atomic E-state index is 0.150. The number of aliphatic hydroxyl groups excluding tert-OH is 1. The van der Waals surface area contributed by atoms with Crippen LogP contribution in [0.3, 0.4) is 0 Å². The molecule has 0 bridgehead atoms. The number of aliphatic hydroxyl groups is 1. The Morgan fingerprint density at radius 2 is 1.47 bits per heavy atom. The Hall–Kier alpha value is -4.22. The molecule has 34 heavy (non-hydrogen) atoms. The number of carbonyl (C=O) groups is 2. The van der Waals surface area contributed by atoms with E-state index in [0.29, 0.717) is 28.1 Å². The molecule has 4 aromatic rings. The lowest BCUT2D eigenvalue weighted by Gasteiger charge is -2.20. The number of nitrogens with zero attached hydrogens (tertiary/aromatic N) is 1. The normalized spacial score (nSPS) is 10.6. The van der Waals surface area contributed by atoms with E-state index >= 15 is 0 Å². The fourth-order valence-electron chi connectivity index (χ4n) is 3.84. The lowest BCUT2D eigenvalue weighted by molar-refractivity contribution is 0.0991. The first-order valence-electron chi connectivity index (χ1n) is 11.0. The molecule has 0 aromatic heterocycles. The van der Waals surface area contributed by atoms with Crippen LogP contribution in [0.2, 0.25) is 0 Å². The number of anilines is 2. The maximum absolute atomic E-state index is 13.0. The predicted molar refractivity (Wildman–Crippen MR) is 136 cm³/mol. The zero-order valence-electron chi connectivity index (χ0n) is 19.2. The highest BCUT2D eigenvalue weighted by molar-refractivity contribution is 6.09. The van der Waals surface area contributed by atoms with E-state index in [-0.39, 0.29) is 18.4 Å². The first-order chi connectivity index (χ1) is 16.5. The number of para-hydroxylation sites is 1. The van der Waals surface area contributed by atoms with Gasteiger partial charge in [-0.2, -0.15) is 0 Å². The third-order valence-electron chi connectivity index (χ3n) is 5.75. The van der Waals surface area contributed by atoms with Gasteiger partial charge in [-0.15, -0.1) is 0 Å². The highest BCUT2D eigenvalue weighted by atomic mass is 16.3. The molecule has 0 heterocycles. The topological polar surface area (TPSA) is 69.6 Å². The summed E-state index contributed by atoms with van der Waals surface area (Å²) in [6.07, 6.45) is 0. The second-order valence-electron chi connectivity index (χ2n) is 8.09. The summed E-state index contributed by atoms with van der Waals surface area (Å²) >= 11 is 0. The lowest BCUT2D eigenvalue weighted by Crippen LogP contribution is -2.27. The summed E-state index contributed by atoms with van der Waals surface area (Å²) in [4.78, 5) is 27.5. The number of rotatable bonds is 6. The molecule has 2 N–H and O–H groups in total. The summed E-state index contributed by atoms with van der Waals surface area (Å²) in [5, 5.41) is 12.5. The summed E-state index contributed by atoms with van der Waals surface area (Å²) in [5.74, 6) is -0.423. The Labute approximate surface area is 199 Å². The molecule has 0 saturated carbocycles. The highest BCUT2D eigenvalue weighted by Gasteiger charge is 2.17. The molecule has 0 saturated heterocycles. The van der Waals surface area contributed by atoms with Crippen LogP contribution in [0.4, 0.5) is 11.4 Å². The van der Waals surface area contributed by atoms with Crippen molar-refractivity contribution < 1.29 is 14.7 Å². The van der Waals surface area contributed by atoms with Crippen LogP contribution in [0.25, 0.3) is 11.1 Å². The molecule has 0 aliphatic heterocycles. The molecule has 170 valence electrons. The zero-order chi connectivity index (χ0) is 24.1. The third kappa shape index (κ3) is 4.90. The second-order valence-corrected chi connectivity index (χ2v) is 8.09. The van der Waals surface area contributed by atoms with Gasteiger partial charge in [0.25, 0.3) is 11.8 Å². The van der Waals surface area contributed by atoms with Gasteiger partial charge < -0.3 is 15.3 Å². The first-order valence-corrected chi connectivity index (χ1v) is 11.0. The van der Waals surface area contributed by atoms with Gasteiger partial charge in [-0.1, -0.05) is 66.2 Å². The van der Waals surface area contributed by atoms with E-state index < -0.39 is 0 Å². The van der Waals surface area contributed by atoms with Crippen LogP contribution >= 0.6 is 0 Å². The summed E-state index contributed by atoms with van der Waals surface area (Å²) in [6, 6.07) is 29.6. The van der Waals surface area contributed by atoms with Crippen molar-refractivity contribution in [3.63, 3.8) is 0 Å². The summed E-state index contributed by atoms with van der Waals surface area (Å²) in [7, 11) is 1.68. The quantitative estimate of drug-likeness (QED) is 0.397. The van der Waals surface area contributed by atoms with E-state index in [2.05, 4.69) is 5.32 Å². The Bertz CT molecular complexity index is 1310. The van der Waals surface area contributed by atoms with Gasteiger partial charge in [-0.3, -0.25) is 9.59 Å². The Morgan fingerprint density at radius 3 is 2.18 bits per heavy atom. The molecule has 5 nitrogen and oxygen atoms in total. The Balaban J connectivity index is 1.51. The Morgan fingerprint density at radius 1 is 0.824 bits per heavy atom. The molecule has 2 amide bonds. The SMILES string of the molecule is Cc1ccc(-c2ccccc2C(=O)Nc2ccc(C(=O)N(C)c3ccccc3CO)cc2)cc1. The molecule has 0 unspecified atom stereocenters. The van der Waals surface area contributed by atoms with Crippen LogP contribution in [-0.4, -0.2) is 24.0 Å². The number of benzene rings is 4.